The van der Waals surface area contributed by atoms with Crippen LogP contribution in [0.15, 0.2) is 0 Å². The number of ether oxygens (including phenoxy) is 1. The molecule has 5 heteroatoms. The molecule has 132 valence electrons. The third-order valence-corrected chi connectivity index (χ3v) is 5.30. The number of hydrogen-bond acceptors (Lipinski definition) is 3. The molecule has 23 heavy (non-hydrogen) atoms. The molecule has 2 fully saturated rings. The highest BCUT2D eigenvalue weighted by molar-refractivity contribution is 5.74. The molecule has 2 unspecified atom stereocenters. The predicted molar refractivity (Wildman–Crippen MR) is 90.0 cm³/mol. The third-order valence-electron chi connectivity index (χ3n) is 5.30. The van der Waals surface area contributed by atoms with Crippen LogP contribution < -0.4 is 0 Å². The Bertz CT molecular complexity index is 477. The lowest BCUT2D eigenvalue weighted by molar-refractivity contribution is -0.132. The Balaban J connectivity index is 1.87. The number of likely N-dealkylation sites (tertiary alicyclic amines) is 2. The van der Waals surface area contributed by atoms with E-state index in [4.69, 9.17) is 4.74 Å². The quantitative estimate of drug-likeness (QED) is 0.798. The maximum Gasteiger partial charge on any atom is 0.219 e. The molecule has 2 aliphatic heterocycles. The molecule has 2 saturated heterocycles. The number of amides is 2. The summed E-state index contributed by atoms with van der Waals surface area (Å²) in [5.74, 6) is 0.272. The normalized spacial score (nSPS) is 33.3. The van der Waals surface area contributed by atoms with Crippen LogP contribution in [0.4, 0.5) is 0 Å². The molecule has 5 nitrogen and oxygen atoms in total. The summed E-state index contributed by atoms with van der Waals surface area (Å²) in [6, 6.07) is 0.505. The average Bonchev–Trinajstić information content (AvgIpc) is 2.86. The minimum absolute atomic E-state index is 0.116. The molecule has 0 saturated carbocycles. The van der Waals surface area contributed by atoms with Gasteiger partial charge in [0.25, 0.3) is 0 Å². The molecular weight excluding hydrogens is 292 g/mol. The van der Waals surface area contributed by atoms with Crippen molar-refractivity contribution in [2.24, 2.45) is 5.41 Å². The first-order valence-electron chi connectivity index (χ1n) is 8.71. The van der Waals surface area contributed by atoms with Crippen molar-refractivity contribution in [1.82, 2.24) is 9.80 Å². The lowest BCUT2D eigenvalue weighted by Gasteiger charge is -2.28. The topological polar surface area (TPSA) is 49.9 Å². The molecule has 0 aliphatic carbocycles. The maximum absolute atomic E-state index is 11.8. The number of hydrogen-bond donors (Lipinski definition) is 0. The van der Waals surface area contributed by atoms with Gasteiger partial charge in [-0.25, -0.2) is 0 Å². The lowest BCUT2D eigenvalue weighted by atomic mass is 9.90. The molecule has 2 aliphatic rings. The zero-order valence-electron chi connectivity index (χ0n) is 15.5. The van der Waals surface area contributed by atoms with Crippen LogP contribution in [0.3, 0.4) is 0 Å². The van der Waals surface area contributed by atoms with Crippen LogP contribution in [0.1, 0.15) is 60.8 Å². The third kappa shape index (κ3) is 4.25. The van der Waals surface area contributed by atoms with Gasteiger partial charge in [0, 0.05) is 45.6 Å². The number of nitrogens with zero attached hydrogens (tertiary/aromatic N) is 2. The van der Waals surface area contributed by atoms with Crippen molar-refractivity contribution < 1.29 is 14.3 Å². The molecule has 0 spiro atoms. The molecule has 0 N–H and O–H groups in total. The monoisotopic (exact) mass is 324 g/mol. The largest absolute Gasteiger partial charge is 0.373 e. The summed E-state index contributed by atoms with van der Waals surface area (Å²) in [6.07, 6.45) is 2.77. The Morgan fingerprint density at radius 3 is 2.17 bits per heavy atom. The van der Waals surface area contributed by atoms with Gasteiger partial charge in [-0.05, 0) is 38.5 Å². The first-order chi connectivity index (χ1) is 10.5. The second-order valence-electron chi connectivity index (χ2n) is 8.46. The zero-order valence-corrected chi connectivity index (χ0v) is 15.5. The Labute approximate surface area is 140 Å². The van der Waals surface area contributed by atoms with Gasteiger partial charge in [0.05, 0.1) is 5.60 Å². The summed E-state index contributed by atoms with van der Waals surface area (Å²) in [5, 5.41) is 0. The number of carbonyl (C=O) groups is 2. The van der Waals surface area contributed by atoms with Crippen molar-refractivity contribution in [3.63, 3.8) is 0 Å². The van der Waals surface area contributed by atoms with E-state index in [1.165, 1.54) is 0 Å². The van der Waals surface area contributed by atoms with Gasteiger partial charge in [0.2, 0.25) is 11.8 Å². The summed E-state index contributed by atoms with van der Waals surface area (Å²) < 4.78 is 6.17. The Morgan fingerprint density at radius 2 is 1.65 bits per heavy atom. The Hall–Kier alpha value is -1.10. The van der Waals surface area contributed by atoms with Gasteiger partial charge < -0.3 is 14.5 Å². The van der Waals surface area contributed by atoms with Gasteiger partial charge in [0.1, 0.15) is 0 Å². The van der Waals surface area contributed by atoms with Gasteiger partial charge in [-0.2, -0.15) is 0 Å². The van der Waals surface area contributed by atoms with Crippen LogP contribution >= 0.6 is 0 Å². The van der Waals surface area contributed by atoms with E-state index < -0.39 is 0 Å². The SMILES string of the molecule is CC(=O)N1C[C@](C)(OCCC2CC(C)(C)CN2C(C)=O)CC1C. The second kappa shape index (κ2) is 6.42. The van der Waals surface area contributed by atoms with Crippen molar-refractivity contribution >= 4 is 11.8 Å². The first kappa shape index (κ1) is 18.2. The van der Waals surface area contributed by atoms with Crippen LogP contribution in [0.2, 0.25) is 0 Å². The smallest absolute Gasteiger partial charge is 0.219 e. The highest BCUT2D eigenvalue weighted by atomic mass is 16.5. The van der Waals surface area contributed by atoms with Crippen LogP contribution in [-0.4, -0.2) is 59.0 Å². The molecular formula is C18H32N2O3. The van der Waals surface area contributed by atoms with Crippen LogP contribution in [0.5, 0.6) is 0 Å². The number of rotatable bonds is 4. The van der Waals surface area contributed by atoms with E-state index in [-0.39, 0.29) is 34.9 Å². The highest BCUT2D eigenvalue weighted by Crippen LogP contribution is 2.36. The molecule has 0 aromatic heterocycles. The zero-order chi connectivity index (χ0) is 17.4. The fraction of sp³-hybridized carbons (Fsp3) is 0.889. The minimum Gasteiger partial charge on any atom is -0.373 e. The van der Waals surface area contributed by atoms with E-state index in [9.17, 15) is 9.59 Å². The van der Waals surface area contributed by atoms with E-state index >= 15 is 0 Å². The van der Waals surface area contributed by atoms with Gasteiger partial charge in [-0.15, -0.1) is 0 Å². The molecule has 0 radical (unpaired) electrons. The van der Waals surface area contributed by atoms with Gasteiger partial charge in [0.15, 0.2) is 0 Å². The van der Waals surface area contributed by atoms with E-state index in [1.807, 2.05) is 9.80 Å². The lowest BCUT2D eigenvalue weighted by Crippen LogP contribution is -2.38. The Kier molecular flexibility index (Phi) is 5.09. The number of carbonyl (C=O) groups excluding carboxylic acids is 2. The van der Waals surface area contributed by atoms with Crippen molar-refractivity contribution in [3.05, 3.63) is 0 Å². The predicted octanol–water partition coefficient (Wildman–Crippen LogP) is 2.44. The van der Waals surface area contributed by atoms with Crippen LogP contribution in [-0.2, 0) is 14.3 Å². The van der Waals surface area contributed by atoms with Gasteiger partial charge in [-0.3, -0.25) is 9.59 Å². The molecule has 2 rings (SSSR count). The molecule has 3 atom stereocenters. The summed E-state index contributed by atoms with van der Waals surface area (Å²) >= 11 is 0. The Morgan fingerprint density at radius 1 is 1.04 bits per heavy atom. The van der Waals surface area contributed by atoms with Gasteiger partial charge >= 0.3 is 0 Å². The fourth-order valence-corrected chi connectivity index (χ4v) is 4.31. The minimum atomic E-state index is -0.264. The van der Waals surface area contributed by atoms with Gasteiger partial charge in [-0.1, -0.05) is 13.8 Å². The summed E-state index contributed by atoms with van der Waals surface area (Å²) in [7, 11) is 0. The fourth-order valence-electron chi connectivity index (χ4n) is 4.31. The average molecular weight is 324 g/mol. The van der Waals surface area contributed by atoms with Crippen LogP contribution in [0, 0.1) is 5.41 Å². The van der Waals surface area contributed by atoms with E-state index in [0.29, 0.717) is 13.2 Å². The van der Waals surface area contributed by atoms with Crippen molar-refractivity contribution in [2.45, 2.75) is 78.5 Å². The van der Waals surface area contributed by atoms with Crippen molar-refractivity contribution in [3.8, 4) is 0 Å². The summed E-state index contributed by atoms with van der Waals surface area (Å²) in [4.78, 5) is 27.4. The second-order valence-corrected chi connectivity index (χ2v) is 8.46. The van der Waals surface area contributed by atoms with E-state index in [0.717, 1.165) is 25.8 Å². The first-order valence-corrected chi connectivity index (χ1v) is 8.71. The van der Waals surface area contributed by atoms with E-state index in [1.54, 1.807) is 13.8 Å². The summed E-state index contributed by atoms with van der Waals surface area (Å²) in [5.41, 5.74) is -0.0756. The molecule has 2 amide bonds. The highest BCUT2D eigenvalue weighted by Gasteiger charge is 2.42. The molecule has 0 bridgehead atoms. The molecule has 0 aromatic carbocycles. The summed E-state index contributed by atoms with van der Waals surface area (Å²) in [6.45, 7) is 14.0. The maximum atomic E-state index is 11.8. The standard InChI is InChI=1S/C18H32N2O3/c1-13-9-18(6,12-19(13)14(2)21)23-8-7-16-10-17(4,5)11-20(16)15(3)22/h13,16H,7-12H2,1-6H3/t13?,16?,18-/m1/s1. The molecule has 0 aromatic rings. The van der Waals surface area contributed by atoms with E-state index in [2.05, 4.69) is 27.7 Å². The molecule has 2 heterocycles. The van der Waals surface area contributed by atoms with Crippen molar-refractivity contribution in [2.75, 3.05) is 19.7 Å². The van der Waals surface area contributed by atoms with Crippen LogP contribution in [0.25, 0.3) is 0 Å². The van der Waals surface area contributed by atoms with Crippen molar-refractivity contribution in [1.29, 1.82) is 0 Å².